The van der Waals surface area contributed by atoms with Crippen molar-refractivity contribution in [3.05, 3.63) is 16.9 Å². The number of likely N-dealkylation sites (tertiary alicyclic amines) is 1. The average molecular weight is 564 g/mol. The summed E-state index contributed by atoms with van der Waals surface area (Å²) in [5, 5.41) is 36.6. The van der Waals surface area contributed by atoms with Crippen LogP contribution in [0.3, 0.4) is 0 Å². The number of hydrogen-bond acceptors (Lipinski definition) is 11. The molecular weight excluding hydrogens is 530 g/mol. The number of thioether (sulfide) groups is 1. The minimum Gasteiger partial charge on any atom is -0.477 e. The van der Waals surface area contributed by atoms with Crippen molar-refractivity contribution in [2.24, 2.45) is 17.6 Å². The SMILES string of the molecule is C[C@@H](NC(=O)Cn1cnnn1)[C@H]1C(=O)N2C(C(=O)O)=C(S[C@@H]3CN[C@H](C(=O)N4C[C@@H](O)C[C@H]4CN)C3)[C@H](C)[C@H]12. The van der Waals surface area contributed by atoms with Gasteiger partial charge in [0.25, 0.3) is 0 Å². The second kappa shape index (κ2) is 10.8. The predicted molar refractivity (Wildman–Crippen MR) is 136 cm³/mol. The number of β-amino-alcohol motifs (C(OH)–C–C–N with tert-alkyl or cyclic N) is 1. The molecule has 1 aromatic heterocycles. The Morgan fingerprint density at radius 1 is 1.33 bits per heavy atom. The first-order valence-electron chi connectivity index (χ1n) is 13.0. The quantitative estimate of drug-likeness (QED) is 0.195. The summed E-state index contributed by atoms with van der Waals surface area (Å²) < 4.78 is 1.27. The summed E-state index contributed by atoms with van der Waals surface area (Å²) in [5.74, 6) is -2.81. The normalized spacial score (nSPS) is 32.8. The first kappa shape index (κ1) is 27.5. The summed E-state index contributed by atoms with van der Waals surface area (Å²) >= 11 is 1.39. The van der Waals surface area contributed by atoms with E-state index in [0.717, 1.165) is 0 Å². The van der Waals surface area contributed by atoms with Crippen LogP contribution in [0.2, 0.25) is 0 Å². The molecule has 5 rings (SSSR count). The summed E-state index contributed by atoms with van der Waals surface area (Å²) in [4.78, 5) is 54.6. The van der Waals surface area contributed by atoms with E-state index in [9.17, 15) is 29.4 Å². The minimum absolute atomic E-state index is 0.0217. The Morgan fingerprint density at radius 2 is 2.10 bits per heavy atom. The third-order valence-electron chi connectivity index (χ3n) is 8.05. The number of aromatic nitrogens is 4. The number of β-lactam (4-membered cyclic amide) rings is 1. The van der Waals surface area contributed by atoms with E-state index in [1.54, 1.807) is 11.8 Å². The van der Waals surface area contributed by atoms with E-state index < -0.39 is 36.1 Å². The number of aliphatic hydroxyl groups is 1. The maximum absolute atomic E-state index is 13.1. The summed E-state index contributed by atoms with van der Waals surface area (Å²) in [7, 11) is 0. The number of hydrogen-bond donors (Lipinski definition) is 5. The highest BCUT2D eigenvalue weighted by Crippen LogP contribution is 2.51. The van der Waals surface area contributed by atoms with Crippen molar-refractivity contribution in [1.29, 1.82) is 0 Å². The number of carboxylic acid groups (broad SMARTS) is 1. The number of tetrazole rings is 1. The van der Waals surface area contributed by atoms with Crippen LogP contribution >= 0.6 is 11.8 Å². The highest BCUT2D eigenvalue weighted by atomic mass is 32.2. The molecule has 16 heteroatoms. The number of carboxylic acids is 1. The van der Waals surface area contributed by atoms with E-state index in [4.69, 9.17) is 5.73 Å². The van der Waals surface area contributed by atoms with Crippen molar-refractivity contribution in [2.75, 3.05) is 19.6 Å². The van der Waals surface area contributed by atoms with Crippen molar-refractivity contribution >= 4 is 35.5 Å². The topological polar surface area (TPSA) is 209 Å². The molecule has 3 saturated heterocycles. The molecule has 39 heavy (non-hydrogen) atoms. The molecular formula is C23H33N9O6S. The number of nitrogens with two attached hydrogens (primary N) is 1. The number of aliphatic carboxylic acids is 1. The van der Waals surface area contributed by atoms with Crippen molar-refractivity contribution in [1.82, 2.24) is 40.6 Å². The van der Waals surface area contributed by atoms with Gasteiger partial charge in [0.1, 0.15) is 18.6 Å². The zero-order chi connectivity index (χ0) is 28.0. The highest BCUT2D eigenvalue weighted by Gasteiger charge is 2.60. The van der Waals surface area contributed by atoms with E-state index in [1.807, 2.05) is 6.92 Å². The first-order chi connectivity index (χ1) is 18.6. The lowest BCUT2D eigenvalue weighted by molar-refractivity contribution is -0.158. The van der Waals surface area contributed by atoms with Gasteiger partial charge in [-0.05, 0) is 30.2 Å². The lowest BCUT2D eigenvalue weighted by atomic mass is 9.78. The standard InChI is InChI=1S/C23H33N9O6S/c1-10-18-17(11(2)27-16(34)8-30-9-26-28-29-30)22(36)32(18)19(23(37)38)20(10)39-14-4-15(25-6-14)21(35)31-7-13(33)3-12(31)5-24/h9-15,17-18,25,33H,3-8,24H2,1-2H3,(H,27,34)(H,37,38)/t10-,11-,12+,13+,14+,15+,17-,18-/m1/s1. The van der Waals surface area contributed by atoms with Crippen molar-refractivity contribution in [3.8, 4) is 0 Å². The molecule has 8 atom stereocenters. The van der Waals surface area contributed by atoms with Gasteiger partial charge in [-0.15, -0.1) is 16.9 Å². The molecule has 6 N–H and O–H groups in total. The van der Waals surface area contributed by atoms with Crippen LogP contribution in [0.4, 0.5) is 0 Å². The number of rotatable bonds is 9. The van der Waals surface area contributed by atoms with E-state index >= 15 is 0 Å². The molecule has 0 aliphatic carbocycles. The molecule has 0 saturated carbocycles. The van der Waals surface area contributed by atoms with E-state index in [-0.39, 0.29) is 60.3 Å². The van der Waals surface area contributed by atoms with E-state index in [0.29, 0.717) is 24.3 Å². The summed E-state index contributed by atoms with van der Waals surface area (Å²) in [6.07, 6.45) is 1.68. The van der Waals surface area contributed by atoms with Crippen LogP contribution in [0.25, 0.3) is 0 Å². The van der Waals surface area contributed by atoms with Crippen LogP contribution in [0, 0.1) is 11.8 Å². The predicted octanol–water partition coefficient (Wildman–Crippen LogP) is -2.67. The largest absolute Gasteiger partial charge is 0.477 e. The third-order valence-corrected chi connectivity index (χ3v) is 9.56. The molecule has 0 radical (unpaired) electrons. The molecule has 3 amide bonds. The second-order valence-corrected chi connectivity index (χ2v) is 11.9. The fourth-order valence-electron chi connectivity index (χ4n) is 6.23. The maximum atomic E-state index is 13.1. The second-order valence-electron chi connectivity index (χ2n) is 10.6. The maximum Gasteiger partial charge on any atom is 0.353 e. The van der Waals surface area contributed by atoms with Crippen LogP contribution in [-0.2, 0) is 25.7 Å². The van der Waals surface area contributed by atoms with Gasteiger partial charge in [0.2, 0.25) is 17.7 Å². The summed E-state index contributed by atoms with van der Waals surface area (Å²) in [5.41, 5.74) is 5.77. The molecule has 0 spiro atoms. The summed E-state index contributed by atoms with van der Waals surface area (Å²) in [6.45, 7) is 4.57. The fraction of sp³-hybridized carbons (Fsp3) is 0.696. The van der Waals surface area contributed by atoms with Gasteiger partial charge in [0.05, 0.1) is 24.1 Å². The van der Waals surface area contributed by atoms with Gasteiger partial charge < -0.3 is 36.4 Å². The first-order valence-corrected chi connectivity index (χ1v) is 13.9. The van der Waals surface area contributed by atoms with Gasteiger partial charge in [0, 0.05) is 47.8 Å². The number of amides is 3. The van der Waals surface area contributed by atoms with Crippen LogP contribution in [-0.4, -0.2) is 119 Å². The zero-order valence-corrected chi connectivity index (χ0v) is 22.5. The van der Waals surface area contributed by atoms with Gasteiger partial charge >= 0.3 is 5.97 Å². The van der Waals surface area contributed by atoms with Gasteiger partial charge in [-0.25, -0.2) is 9.48 Å². The molecule has 0 bridgehead atoms. The lowest BCUT2D eigenvalue weighted by Crippen LogP contribution is -2.66. The molecule has 212 valence electrons. The average Bonchev–Trinajstić information content (AvgIpc) is 3.67. The fourth-order valence-corrected chi connectivity index (χ4v) is 7.71. The molecule has 4 aliphatic rings. The van der Waals surface area contributed by atoms with Crippen LogP contribution in [0.1, 0.15) is 26.7 Å². The van der Waals surface area contributed by atoms with Crippen LogP contribution in [0.5, 0.6) is 0 Å². The van der Waals surface area contributed by atoms with Crippen molar-refractivity contribution < 1.29 is 29.4 Å². The molecule has 15 nitrogen and oxygen atoms in total. The Morgan fingerprint density at radius 3 is 2.77 bits per heavy atom. The zero-order valence-electron chi connectivity index (χ0n) is 21.6. The Balaban J connectivity index is 1.23. The Bertz CT molecular complexity index is 1180. The van der Waals surface area contributed by atoms with E-state index in [1.165, 1.54) is 27.7 Å². The van der Waals surface area contributed by atoms with Crippen LogP contribution in [0.15, 0.2) is 16.9 Å². The van der Waals surface area contributed by atoms with Crippen molar-refractivity contribution in [3.63, 3.8) is 0 Å². The molecule has 0 aromatic carbocycles. The third kappa shape index (κ3) is 5.01. The minimum atomic E-state index is -1.18. The number of carbonyl (C=O) groups is 4. The lowest BCUT2D eigenvalue weighted by Gasteiger charge is -2.47. The van der Waals surface area contributed by atoms with Gasteiger partial charge in [-0.3, -0.25) is 14.4 Å². The molecule has 5 heterocycles. The molecule has 0 unspecified atom stereocenters. The Hall–Kier alpha value is -3.08. The van der Waals surface area contributed by atoms with Gasteiger partial charge in [0.15, 0.2) is 0 Å². The number of carbonyl (C=O) groups excluding carboxylic acids is 3. The van der Waals surface area contributed by atoms with Gasteiger partial charge in [-0.2, -0.15) is 0 Å². The Kier molecular flexibility index (Phi) is 7.63. The highest BCUT2D eigenvalue weighted by molar-refractivity contribution is 8.03. The number of fused-ring (bicyclic) bond motifs is 1. The van der Waals surface area contributed by atoms with Crippen molar-refractivity contribution in [2.45, 2.75) is 68.8 Å². The summed E-state index contributed by atoms with van der Waals surface area (Å²) in [6, 6.07) is -1.56. The monoisotopic (exact) mass is 563 g/mol. The number of nitrogens with zero attached hydrogens (tertiary/aromatic N) is 6. The van der Waals surface area contributed by atoms with Gasteiger partial charge in [-0.1, -0.05) is 6.92 Å². The number of aliphatic hydroxyl groups excluding tert-OH is 1. The molecule has 1 aromatic rings. The Labute approximate surface area is 228 Å². The van der Waals surface area contributed by atoms with Crippen LogP contribution < -0.4 is 16.4 Å². The molecule has 3 fully saturated rings. The number of nitrogens with one attached hydrogen (secondary N) is 2. The molecule has 4 aliphatic heterocycles. The van der Waals surface area contributed by atoms with E-state index in [2.05, 4.69) is 26.2 Å². The smallest absolute Gasteiger partial charge is 0.353 e.